The Morgan fingerprint density at radius 3 is 2.10 bits per heavy atom. The lowest BCUT2D eigenvalue weighted by atomic mass is 10.4. The third kappa shape index (κ3) is 2.12. The largest absolute Gasteiger partial charge is 0.742 e. The highest BCUT2D eigenvalue weighted by molar-refractivity contribution is 8.57. The van der Waals surface area contributed by atoms with Gasteiger partial charge in [0.25, 0.3) is 0 Å². The SMILES string of the molecule is CP(=S)([S-])c1ccccc1. The molecule has 0 nitrogen and oxygen atoms in total. The fraction of sp³-hybridized carbons (Fsp3) is 0.143. The first-order valence-electron chi connectivity index (χ1n) is 2.95. The van der Waals surface area contributed by atoms with Crippen LogP contribution in [0.1, 0.15) is 0 Å². The Bertz CT molecular complexity index is 250. The van der Waals surface area contributed by atoms with Crippen LogP contribution in [0, 0.1) is 0 Å². The van der Waals surface area contributed by atoms with Crippen LogP contribution in [-0.4, -0.2) is 6.66 Å². The summed E-state index contributed by atoms with van der Waals surface area (Å²) in [6.07, 6.45) is 0. The van der Waals surface area contributed by atoms with Crippen LogP contribution in [0.25, 0.3) is 0 Å². The quantitative estimate of drug-likeness (QED) is 0.486. The van der Waals surface area contributed by atoms with E-state index in [0.29, 0.717) is 0 Å². The molecule has 3 heteroatoms. The highest BCUT2D eigenvalue weighted by Crippen LogP contribution is 2.36. The van der Waals surface area contributed by atoms with Gasteiger partial charge >= 0.3 is 0 Å². The van der Waals surface area contributed by atoms with Gasteiger partial charge in [0.2, 0.25) is 0 Å². The van der Waals surface area contributed by atoms with Crippen molar-refractivity contribution in [3.05, 3.63) is 30.3 Å². The van der Waals surface area contributed by atoms with Crippen molar-refractivity contribution in [2.75, 3.05) is 6.66 Å². The predicted molar refractivity (Wildman–Crippen MR) is 53.7 cm³/mol. The maximum absolute atomic E-state index is 5.18. The second-order valence-corrected chi connectivity index (χ2v) is 9.46. The second-order valence-electron chi connectivity index (χ2n) is 2.18. The van der Waals surface area contributed by atoms with E-state index in [1.807, 2.05) is 37.0 Å². The molecule has 1 rings (SSSR count). The molecule has 0 aliphatic heterocycles. The molecule has 0 aliphatic carbocycles. The molecule has 0 radical (unpaired) electrons. The summed E-state index contributed by atoms with van der Waals surface area (Å²) in [6.45, 7) is 1.97. The summed E-state index contributed by atoms with van der Waals surface area (Å²) in [7, 11) is 0. The van der Waals surface area contributed by atoms with Crippen LogP contribution in [0.3, 0.4) is 0 Å². The van der Waals surface area contributed by atoms with Crippen molar-refractivity contribution in [3.8, 4) is 0 Å². The fourth-order valence-corrected chi connectivity index (χ4v) is 2.14. The Morgan fingerprint density at radius 2 is 1.80 bits per heavy atom. The molecule has 0 heterocycles. The lowest BCUT2D eigenvalue weighted by Crippen LogP contribution is -1.98. The molecule has 0 N–H and O–H groups in total. The first-order chi connectivity index (χ1) is 4.61. The Kier molecular flexibility index (Phi) is 2.56. The number of rotatable bonds is 1. The molecule has 0 bridgehead atoms. The molecule has 1 aromatic carbocycles. The maximum Gasteiger partial charge on any atom is -0.0372 e. The van der Waals surface area contributed by atoms with Gasteiger partial charge in [-0.1, -0.05) is 37.0 Å². The highest BCUT2D eigenvalue weighted by Gasteiger charge is 1.93. The van der Waals surface area contributed by atoms with Crippen molar-refractivity contribution >= 4 is 34.6 Å². The van der Waals surface area contributed by atoms with Gasteiger partial charge < -0.3 is 12.2 Å². The summed E-state index contributed by atoms with van der Waals surface area (Å²) in [5, 5.41) is -0.463. The Hall–Kier alpha value is 0.220. The summed E-state index contributed by atoms with van der Waals surface area (Å²) in [6, 6.07) is 9.95. The van der Waals surface area contributed by atoms with Gasteiger partial charge in [-0.3, -0.25) is 0 Å². The van der Waals surface area contributed by atoms with Crippen LogP contribution in [0.2, 0.25) is 0 Å². The summed E-state index contributed by atoms with van der Waals surface area (Å²) >= 11 is 10.4. The van der Waals surface area contributed by atoms with Crippen LogP contribution in [0.5, 0.6) is 0 Å². The van der Waals surface area contributed by atoms with Crippen LogP contribution < -0.4 is 5.30 Å². The Balaban J connectivity index is 3.09. The van der Waals surface area contributed by atoms with Crippen molar-refractivity contribution in [2.24, 2.45) is 0 Å². The predicted octanol–water partition coefficient (Wildman–Crippen LogP) is 1.88. The van der Waals surface area contributed by atoms with E-state index in [4.69, 9.17) is 24.1 Å². The van der Waals surface area contributed by atoms with E-state index in [1.165, 1.54) is 0 Å². The Labute approximate surface area is 71.8 Å². The van der Waals surface area contributed by atoms with Crippen molar-refractivity contribution in [1.29, 1.82) is 0 Å². The number of hydrogen-bond acceptors (Lipinski definition) is 2. The zero-order chi connectivity index (χ0) is 7.61. The van der Waals surface area contributed by atoms with E-state index in [2.05, 4.69) is 0 Å². The standard InChI is InChI=1S/C7H9PS2/c1-8(9,10)7-5-3-2-4-6-7/h2-6H,1H3,(H,9,10)/p-1. The average Bonchev–Trinajstić information content (AvgIpc) is 1.88. The molecule has 0 saturated carbocycles. The van der Waals surface area contributed by atoms with Crippen LogP contribution in [-0.2, 0) is 24.1 Å². The molecule has 0 spiro atoms. The minimum atomic E-state index is -1.60. The monoisotopic (exact) mass is 187 g/mol. The van der Waals surface area contributed by atoms with E-state index in [9.17, 15) is 0 Å². The third-order valence-electron chi connectivity index (χ3n) is 1.23. The molecule has 0 fully saturated rings. The zero-order valence-electron chi connectivity index (χ0n) is 5.65. The first kappa shape index (κ1) is 8.32. The van der Waals surface area contributed by atoms with Crippen LogP contribution in [0.15, 0.2) is 30.3 Å². The van der Waals surface area contributed by atoms with Gasteiger partial charge in [0.15, 0.2) is 0 Å². The van der Waals surface area contributed by atoms with Crippen molar-refractivity contribution in [2.45, 2.75) is 0 Å². The molecule has 10 heavy (non-hydrogen) atoms. The second kappa shape index (κ2) is 3.08. The van der Waals surface area contributed by atoms with Crippen LogP contribution >= 0.6 is 5.24 Å². The fourth-order valence-electron chi connectivity index (χ4n) is 0.699. The summed E-state index contributed by atoms with van der Waals surface area (Å²) in [5.74, 6) is 0. The zero-order valence-corrected chi connectivity index (χ0v) is 8.18. The van der Waals surface area contributed by atoms with E-state index in [0.717, 1.165) is 5.30 Å². The van der Waals surface area contributed by atoms with Gasteiger partial charge in [0.1, 0.15) is 0 Å². The normalized spacial score (nSPS) is 16.2. The van der Waals surface area contributed by atoms with Crippen molar-refractivity contribution in [3.63, 3.8) is 0 Å². The summed E-state index contributed by atoms with van der Waals surface area (Å²) in [4.78, 5) is 0. The molecule has 0 aromatic heterocycles. The molecule has 1 aromatic rings. The summed E-state index contributed by atoms with van der Waals surface area (Å²) in [5.41, 5.74) is 0. The number of hydrogen-bond donors (Lipinski definition) is 0. The summed E-state index contributed by atoms with van der Waals surface area (Å²) < 4.78 is 0. The average molecular weight is 187 g/mol. The molecule has 0 aliphatic rings. The number of benzene rings is 1. The molecule has 0 saturated heterocycles. The minimum Gasteiger partial charge on any atom is -0.742 e. The molecular formula is C7H8PS2-. The molecule has 0 amide bonds. The molecular weight excluding hydrogens is 179 g/mol. The topological polar surface area (TPSA) is 0 Å². The first-order valence-corrected chi connectivity index (χ1v) is 7.21. The Morgan fingerprint density at radius 1 is 1.30 bits per heavy atom. The van der Waals surface area contributed by atoms with Gasteiger partial charge in [0.05, 0.1) is 0 Å². The van der Waals surface area contributed by atoms with Crippen LogP contribution in [0.4, 0.5) is 0 Å². The van der Waals surface area contributed by atoms with Gasteiger partial charge in [-0.15, -0.1) is 17.0 Å². The van der Waals surface area contributed by atoms with Gasteiger partial charge in [0, 0.05) is 0 Å². The van der Waals surface area contributed by atoms with E-state index >= 15 is 0 Å². The highest BCUT2D eigenvalue weighted by atomic mass is 32.9. The maximum atomic E-state index is 5.18. The lowest BCUT2D eigenvalue weighted by molar-refractivity contribution is 1.77. The van der Waals surface area contributed by atoms with Gasteiger partial charge in [-0.2, -0.15) is 0 Å². The van der Waals surface area contributed by atoms with E-state index in [-0.39, 0.29) is 0 Å². The lowest BCUT2D eigenvalue weighted by Gasteiger charge is -2.22. The minimum absolute atomic E-state index is 1.14. The van der Waals surface area contributed by atoms with Gasteiger partial charge in [-0.25, -0.2) is 0 Å². The van der Waals surface area contributed by atoms with Gasteiger partial charge in [-0.05, 0) is 5.30 Å². The van der Waals surface area contributed by atoms with Crippen molar-refractivity contribution < 1.29 is 0 Å². The molecule has 54 valence electrons. The van der Waals surface area contributed by atoms with E-state index < -0.39 is 5.24 Å². The smallest absolute Gasteiger partial charge is 0.0372 e. The van der Waals surface area contributed by atoms with E-state index in [1.54, 1.807) is 0 Å². The van der Waals surface area contributed by atoms with Crippen molar-refractivity contribution in [1.82, 2.24) is 0 Å². The molecule has 1 atom stereocenters. The third-order valence-corrected chi connectivity index (χ3v) is 3.73. The molecule has 1 unspecified atom stereocenters.